The van der Waals surface area contributed by atoms with Crippen LogP contribution in [0.15, 0.2) is 0 Å². The zero-order valence-corrected chi connectivity index (χ0v) is 10.4. The number of amides is 2. The average Bonchev–Trinajstić information content (AvgIpc) is 2.24. The number of hydrogen-bond donors (Lipinski definition) is 2. The zero-order chi connectivity index (χ0) is 12.7. The van der Waals surface area contributed by atoms with Crippen LogP contribution in [-0.4, -0.2) is 41.1 Å². The molecule has 0 bridgehead atoms. The number of likely N-dealkylation sites (tertiary alicyclic amines) is 1. The maximum atomic E-state index is 11.9. The summed E-state index contributed by atoms with van der Waals surface area (Å²) in [5.74, 6) is -0.965. The van der Waals surface area contributed by atoms with Crippen LogP contribution in [0.4, 0.5) is 4.79 Å². The number of carboxylic acids is 1. The molecule has 0 saturated carbocycles. The normalized spacial score (nSPS) is 19.0. The second-order valence-electron chi connectivity index (χ2n) is 4.50. The third-order valence-corrected chi connectivity index (χ3v) is 3.15. The highest BCUT2D eigenvalue weighted by atomic mass is 16.4. The van der Waals surface area contributed by atoms with Gasteiger partial charge in [0.15, 0.2) is 0 Å². The molecule has 2 amide bonds. The first-order valence-corrected chi connectivity index (χ1v) is 6.43. The predicted molar refractivity (Wildman–Crippen MR) is 64.9 cm³/mol. The van der Waals surface area contributed by atoms with Crippen LogP contribution in [0.3, 0.4) is 0 Å². The number of urea groups is 1. The molecule has 0 aromatic rings. The Hall–Kier alpha value is -1.26. The summed E-state index contributed by atoms with van der Waals surface area (Å²) < 4.78 is 0. The first-order valence-electron chi connectivity index (χ1n) is 6.43. The van der Waals surface area contributed by atoms with Gasteiger partial charge in [0.1, 0.15) is 6.04 Å². The van der Waals surface area contributed by atoms with Crippen molar-refractivity contribution < 1.29 is 14.7 Å². The lowest BCUT2D eigenvalue weighted by atomic mass is 10.1. The standard InChI is InChI=1S/C12H22N2O3/c1-2-10(11(15)16)13-12(17)14-8-6-4-3-5-7-9-14/h10H,2-9H2,1H3,(H,13,17)(H,15,16)/t10-/m0/s1. The van der Waals surface area contributed by atoms with E-state index >= 15 is 0 Å². The van der Waals surface area contributed by atoms with Crippen molar-refractivity contribution >= 4 is 12.0 Å². The molecule has 17 heavy (non-hydrogen) atoms. The molecular weight excluding hydrogens is 220 g/mol. The molecule has 1 aliphatic heterocycles. The van der Waals surface area contributed by atoms with Crippen molar-refractivity contribution in [2.24, 2.45) is 0 Å². The van der Waals surface area contributed by atoms with Crippen molar-refractivity contribution in [1.82, 2.24) is 10.2 Å². The highest BCUT2D eigenvalue weighted by molar-refractivity contribution is 5.82. The first-order chi connectivity index (χ1) is 8.15. The van der Waals surface area contributed by atoms with Crippen LogP contribution < -0.4 is 5.32 Å². The van der Waals surface area contributed by atoms with Crippen LogP contribution in [0.5, 0.6) is 0 Å². The molecule has 0 aliphatic carbocycles. The van der Waals surface area contributed by atoms with Gasteiger partial charge in [-0.25, -0.2) is 9.59 Å². The molecule has 1 atom stereocenters. The van der Waals surface area contributed by atoms with E-state index in [1.807, 2.05) is 0 Å². The van der Waals surface area contributed by atoms with E-state index in [-0.39, 0.29) is 6.03 Å². The summed E-state index contributed by atoms with van der Waals surface area (Å²) in [4.78, 5) is 24.5. The first kappa shape index (κ1) is 13.8. The van der Waals surface area contributed by atoms with Crippen LogP contribution in [0.2, 0.25) is 0 Å². The van der Waals surface area contributed by atoms with Crippen molar-refractivity contribution in [2.45, 2.75) is 51.5 Å². The molecule has 0 aromatic heterocycles. The maximum absolute atomic E-state index is 11.9. The van der Waals surface area contributed by atoms with Gasteiger partial charge in [-0.3, -0.25) is 0 Å². The molecule has 5 heteroatoms. The van der Waals surface area contributed by atoms with E-state index in [0.717, 1.165) is 38.8 Å². The Kier molecular flexibility index (Phi) is 5.80. The van der Waals surface area contributed by atoms with Gasteiger partial charge >= 0.3 is 12.0 Å². The molecule has 2 N–H and O–H groups in total. The fourth-order valence-corrected chi connectivity index (χ4v) is 2.03. The van der Waals surface area contributed by atoms with Gasteiger partial charge < -0.3 is 15.3 Å². The van der Waals surface area contributed by atoms with Crippen LogP contribution in [0, 0.1) is 0 Å². The van der Waals surface area contributed by atoms with Gasteiger partial charge in [0, 0.05) is 13.1 Å². The van der Waals surface area contributed by atoms with E-state index in [9.17, 15) is 9.59 Å². The van der Waals surface area contributed by atoms with Crippen LogP contribution >= 0.6 is 0 Å². The van der Waals surface area contributed by atoms with Gasteiger partial charge in [-0.1, -0.05) is 26.2 Å². The van der Waals surface area contributed by atoms with E-state index < -0.39 is 12.0 Å². The molecule has 1 heterocycles. The summed E-state index contributed by atoms with van der Waals surface area (Å²) in [5, 5.41) is 11.5. The minimum Gasteiger partial charge on any atom is -0.480 e. The molecule has 5 nitrogen and oxygen atoms in total. The number of carbonyl (C=O) groups excluding carboxylic acids is 1. The average molecular weight is 242 g/mol. The fourth-order valence-electron chi connectivity index (χ4n) is 2.03. The molecule has 0 radical (unpaired) electrons. The Morgan fingerprint density at radius 1 is 1.18 bits per heavy atom. The van der Waals surface area contributed by atoms with Crippen molar-refractivity contribution in [3.05, 3.63) is 0 Å². The van der Waals surface area contributed by atoms with Crippen molar-refractivity contribution in [3.8, 4) is 0 Å². The summed E-state index contributed by atoms with van der Waals surface area (Å²) >= 11 is 0. The third kappa shape index (κ3) is 4.63. The Balaban J connectivity index is 2.46. The van der Waals surface area contributed by atoms with E-state index in [2.05, 4.69) is 5.32 Å². The van der Waals surface area contributed by atoms with Crippen LogP contribution in [0.1, 0.15) is 45.4 Å². The number of aliphatic carboxylic acids is 1. The summed E-state index contributed by atoms with van der Waals surface area (Å²) in [7, 11) is 0. The summed E-state index contributed by atoms with van der Waals surface area (Å²) in [6, 6.07) is -1.01. The fraction of sp³-hybridized carbons (Fsp3) is 0.833. The minimum absolute atomic E-state index is 0.235. The van der Waals surface area contributed by atoms with Gasteiger partial charge in [-0.15, -0.1) is 0 Å². The second-order valence-corrected chi connectivity index (χ2v) is 4.50. The largest absolute Gasteiger partial charge is 0.480 e. The SMILES string of the molecule is CC[C@H](NC(=O)N1CCCCCCC1)C(=O)O. The van der Waals surface area contributed by atoms with Crippen LogP contribution in [0.25, 0.3) is 0 Å². The number of rotatable bonds is 3. The highest BCUT2D eigenvalue weighted by Gasteiger charge is 2.21. The number of carboxylic acid groups (broad SMARTS) is 1. The molecular formula is C12H22N2O3. The van der Waals surface area contributed by atoms with Gasteiger partial charge in [0.05, 0.1) is 0 Å². The van der Waals surface area contributed by atoms with E-state index in [0.29, 0.717) is 6.42 Å². The van der Waals surface area contributed by atoms with E-state index in [4.69, 9.17) is 5.11 Å². The number of nitrogens with one attached hydrogen (secondary N) is 1. The van der Waals surface area contributed by atoms with Gasteiger partial charge in [-0.05, 0) is 19.3 Å². The summed E-state index contributed by atoms with van der Waals surface area (Å²) in [6.45, 7) is 3.23. The van der Waals surface area contributed by atoms with Gasteiger partial charge in [0.2, 0.25) is 0 Å². The Labute approximate surface area is 102 Å². The second kappa shape index (κ2) is 7.14. The molecule has 1 saturated heterocycles. The number of hydrogen-bond acceptors (Lipinski definition) is 2. The Morgan fingerprint density at radius 2 is 1.71 bits per heavy atom. The molecule has 1 aliphatic rings. The molecule has 1 fully saturated rings. The summed E-state index contributed by atoms with van der Waals surface area (Å²) in [5.41, 5.74) is 0. The minimum atomic E-state index is -0.965. The van der Waals surface area contributed by atoms with Crippen molar-refractivity contribution in [1.29, 1.82) is 0 Å². The molecule has 0 spiro atoms. The lowest BCUT2D eigenvalue weighted by Gasteiger charge is -2.26. The summed E-state index contributed by atoms with van der Waals surface area (Å²) in [6.07, 6.45) is 5.98. The van der Waals surface area contributed by atoms with Gasteiger partial charge in [0.25, 0.3) is 0 Å². The molecule has 0 unspecified atom stereocenters. The quantitative estimate of drug-likeness (QED) is 0.793. The van der Waals surface area contributed by atoms with E-state index in [1.54, 1.807) is 11.8 Å². The predicted octanol–water partition coefficient (Wildman–Crippen LogP) is 1.83. The van der Waals surface area contributed by atoms with Crippen molar-refractivity contribution in [3.63, 3.8) is 0 Å². The van der Waals surface area contributed by atoms with Gasteiger partial charge in [-0.2, -0.15) is 0 Å². The number of carbonyl (C=O) groups is 2. The van der Waals surface area contributed by atoms with Crippen molar-refractivity contribution in [2.75, 3.05) is 13.1 Å². The molecule has 0 aromatic carbocycles. The van der Waals surface area contributed by atoms with E-state index in [1.165, 1.54) is 6.42 Å². The number of nitrogens with zero attached hydrogens (tertiary/aromatic N) is 1. The topological polar surface area (TPSA) is 69.6 Å². The maximum Gasteiger partial charge on any atom is 0.326 e. The lowest BCUT2D eigenvalue weighted by Crippen LogP contribution is -2.48. The molecule has 1 rings (SSSR count). The third-order valence-electron chi connectivity index (χ3n) is 3.15. The van der Waals surface area contributed by atoms with Crippen LogP contribution in [-0.2, 0) is 4.79 Å². The Morgan fingerprint density at radius 3 is 2.18 bits per heavy atom. The molecule has 98 valence electrons. The zero-order valence-electron chi connectivity index (χ0n) is 10.4. The monoisotopic (exact) mass is 242 g/mol. The highest BCUT2D eigenvalue weighted by Crippen LogP contribution is 2.10. The lowest BCUT2D eigenvalue weighted by molar-refractivity contribution is -0.139. The smallest absolute Gasteiger partial charge is 0.326 e. The Bertz CT molecular complexity index is 260.